The Morgan fingerprint density at radius 1 is 1.00 bits per heavy atom. The van der Waals surface area contributed by atoms with Gasteiger partial charge in [-0.15, -0.1) is 0 Å². The van der Waals surface area contributed by atoms with Gasteiger partial charge in [-0.1, -0.05) is 18.2 Å². The van der Waals surface area contributed by atoms with Crippen LogP contribution >= 0.6 is 0 Å². The van der Waals surface area contributed by atoms with Crippen molar-refractivity contribution in [3.8, 4) is 28.4 Å². The number of ether oxygens (including phenoxy) is 3. The molecule has 3 rings (SSSR count). The molecule has 1 aliphatic carbocycles. The first-order valence-electron chi connectivity index (χ1n) is 10.2. The lowest BCUT2D eigenvalue weighted by Crippen LogP contribution is -2.40. The molecular formula is C24H29NO5. The monoisotopic (exact) mass is 411 g/mol. The number of hydrogen-bond donors (Lipinski definition) is 1. The molecule has 1 aliphatic rings. The molecule has 0 unspecified atom stereocenters. The van der Waals surface area contributed by atoms with Crippen LogP contribution in [0.1, 0.15) is 43.1 Å². The summed E-state index contributed by atoms with van der Waals surface area (Å²) in [5.74, 6) is 1.58. The highest BCUT2D eigenvalue weighted by atomic mass is 16.5. The average molecular weight is 411 g/mol. The Morgan fingerprint density at radius 3 is 2.40 bits per heavy atom. The summed E-state index contributed by atoms with van der Waals surface area (Å²) in [6, 6.07) is 9.48. The fourth-order valence-corrected chi connectivity index (χ4v) is 3.71. The van der Waals surface area contributed by atoms with Gasteiger partial charge in [-0.3, -0.25) is 9.59 Å². The zero-order chi connectivity index (χ0) is 21.9. The van der Waals surface area contributed by atoms with Gasteiger partial charge in [0.1, 0.15) is 6.61 Å². The number of methoxy groups -OCH3 is 2. The number of hydrogen-bond acceptors (Lipinski definition) is 5. The highest BCUT2D eigenvalue weighted by molar-refractivity contribution is 6.02. The summed E-state index contributed by atoms with van der Waals surface area (Å²) in [6.45, 7) is 6.27. The fraction of sp³-hybridized carbons (Fsp3) is 0.417. The van der Waals surface area contributed by atoms with Crippen molar-refractivity contribution in [1.82, 2.24) is 5.32 Å². The van der Waals surface area contributed by atoms with Crippen molar-refractivity contribution in [2.24, 2.45) is 5.41 Å². The molecule has 1 amide bonds. The number of amides is 1. The van der Waals surface area contributed by atoms with Gasteiger partial charge in [0.25, 0.3) is 0 Å². The standard InChI is InChI=1S/C24H29NO5/c1-6-25-23(27)24(2,3)14-30-21-18(11-13-20(28-4)22(21)29-5)15-8-7-9-17-16(15)10-12-19(17)26/h7-9,11,13H,6,10,12,14H2,1-5H3,(H,25,27). The Hall–Kier alpha value is -3.02. The van der Waals surface area contributed by atoms with E-state index in [0.717, 1.165) is 22.3 Å². The Bertz CT molecular complexity index is 964. The van der Waals surface area contributed by atoms with E-state index in [0.29, 0.717) is 36.6 Å². The smallest absolute Gasteiger partial charge is 0.229 e. The van der Waals surface area contributed by atoms with Gasteiger partial charge in [-0.05, 0) is 50.5 Å². The third-order valence-corrected chi connectivity index (χ3v) is 5.40. The average Bonchev–Trinajstić information content (AvgIpc) is 3.12. The molecule has 30 heavy (non-hydrogen) atoms. The predicted octanol–water partition coefficient (Wildman–Crippen LogP) is 4.04. The lowest BCUT2D eigenvalue weighted by molar-refractivity contribution is -0.130. The first kappa shape index (κ1) is 21.7. The molecule has 0 heterocycles. The Kier molecular flexibility index (Phi) is 6.34. The van der Waals surface area contributed by atoms with E-state index in [1.807, 2.05) is 51.1 Å². The molecule has 0 saturated carbocycles. The van der Waals surface area contributed by atoms with Crippen LogP contribution in [0.25, 0.3) is 11.1 Å². The maximum absolute atomic E-state index is 12.4. The number of carbonyl (C=O) groups is 2. The molecule has 0 fully saturated rings. The van der Waals surface area contributed by atoms with E-state index in [1.54, 1.807) is 14.2 Å². The van der Waals surface area contributed by atoms with Gasteiger partial charge in [0.2, 0.25) is 11.7 Å². The molecule has 0 radical (unpaired) electrons. The molecule has 6 heteroatoms. The van der Waals surface area contributed by atoms with Gasteiger partial charge in [-0.25, -0.2) is 0 Å². The lowest BCUT2D eigenvalue weighted by Gasteiger charge is -2.26. The first-order chi connectivity index (χ1) is 14.3. The molecule has 1 N–H and O–H groups in total. The summed E-state index contributed by atoms with van der Waals surface area (Å²) in [7, 11) is 3.13. The van der Waals surface area contributed by atoms with E-state index < -0.39 is 5.41 Å². The topological polar surface area (TPSA) is 73.9 Å². The number of Topliss-reactive ketones (excluding diaryl/α,β-unsaturated/α-hetero) is 1. The summed E-state index contributed by atoms with van der Waals surface area (Å²) in [5, 5.41) is 2.85. The highest BCUT2D eigenvalue weighted by Gasteiger charge is 2.31. The summed E-state index contributed by atoms with van der Waals surface area (Å²) >= 11 is 0. The number of ketones is 1. The van der Waals surface area contributed by atoms with Crippen LogP contribution < -0.4 is 19.5 Å². The van der Waals surface area contributed by atoms with Crippen LogP contribution in [0.3, 0.4) is 0 Å². The summed E-state index contributed by atoms with van der Waals surface area (Å²) in [6.07, 6.45) is 1.21. The van der Waals surface area contributed by atoms with E-state index in [1.165, 1.54) is 0 Å². The quantitative estimate of drug-likeness (QED) is 0.710. The minimum Gasteiger partial charge on any atom is -0.493 e. The van der Waals surface area contributed by atoms with Crippen LogP contribution in [-0.4, -0.2) is 39.1 Å². The Labute approximate surface area is 177 Å². The first-order valence-corrected chi connectivity index (χ1v) is 10.2. The second-order valence-electron chi connectivity index (χ2n) is 7.96. The zero-order valence-corrected chi connectivity index (χ0v) is 18.3. The molecule has 160 valence electrons. The molecule has 0 saturated heterocycles. The van der Waals surface area contributed by atoms with Crippen molar-refractivity contribution >= 4 is 11.7 Å². The number of fused-ring (bicyclic) bond motifs is 1. The van der Waals surface area contributed by atoms with Gasteiger partial charge in [0, 0.05) is 24.1 Å². The maximum atomic E-state index is 12.4. The number of nitrogens with one attached hydrogen (secondary N) is 1. The van der Waals surface area contributed by atoms with Gasteiger partial charge in [-0.2, -0.15) is 0 Å². The van der Waals surface area contributed by atoms with Crippen molar-refractivity contribution in [2.75, 3.05) is 27.4 Å². The van der Waals surface area contributed by atoms with Crippen LogP contribution in [0, 0.1) is 5.41 Å². The van der Waals surface area contributed by atoms with E-state index >= 15 is 0 Å². The van der Waals surface area contributed by atoms with Crippen molar-refractivity contribution in [3.63, 3.8) is 0 Å². The SMILES string of the molecule is CCNC(=O)C(C)(C)COc1c(-c2cccc3c2CCC3=O)ccc(OC)c1OC. The molecule has 0 atom stereocenters. The number of benzene rings is 2. The molecule has 0 bridgehead atoms. The fourth-order valence-electron chi connectivity index (χ4n) is 3.71. The third-order valence-electron chi connectivity index (χ3n) is 5.40. The molecular weight excluding hydrogens is 382 g/mol. The van der Waals surface area contributed by atoms with Crippen LogP contribution in [0.2, 0.25) is 0 Å². The van der Waals surface area contributed by atoms with Gasteiger partial charge in [0.15, 0.2) is 17.3 Å². The molecule has 0 spiro atoms. The van der Waals surface area contributed by atoms with Crippen molar-refractivity contribution in [1.29, 1.82) is 0 Å². The molecule has 6 nitrogen and oxygen atoms in total. The lowest BCUT2D eigenvalue weighted by atomic mass is 9.93. The Morgan fingerprint density at radius 2 is 1.73 bits per heavy atom. The van der Waals surface area contributed by atoms with Crippen LogP contribution in [0.4, 0.5) is 0 Å². The highest BCUT2D eigenvalue weighted by Crippen LogP contribution is 2.47. The van der Waals surface area contributed by atoms with Crippen molar-refractivity contribution in [2.45, 2.75) is 33.6 Å². The number of carbonyl (C=O) groups excluding carboxylic acids is 2. The van der Waals surface area contributed by atoms with Gasteiger partial charge in [0.05, 0.1) is 19.6 Å². The molecule has 0 aliphatic heterocycles. The second kappa shape index (κ2) is 8.78. The predicted molar refractivity (Wildman–Crippen MR) is 116 cm³/mol. The maximum Gasteiger partial charge on any atom is 0.229 e. The third kappa shape index (κ3) is 3.99. The molecule has 2 aromatic rings. The van der Waals surface area contributed by atoms with Crippen molar-refractivity contribution in [3.05, 3.63) is 41.5 Å². The van der Waals surface area contributed by atoms with Crippen LogP contribution in [0.15, 0.2) is 30.3 Å². The van der Waals surface area contributed by atoms with Crippen molar-refractivity contribution < 1.29 is 23.8 Å². The number of rotatable bonds is 8. The normalized spacial score (nSPS) is 13.0. The second-order valence-corrected chi connectivity index (χ2v) is 7.96. The summed E-state index contributed by atoms with van der Waals surface area (Å²) < 4.78 is 17.3. The van der Waals surface area contributed by atoms with Crippen LogP contribution in [0.5, 0.6) is 17.2 Å². The summed E-state index contributed by atoms with van der Waals surface area (Å²) in [5.41, 5.74) is 2.78. The Balaban J connectivity index is 2.08. The van der Waals surface area contributed by atoms with Crippen LogP contribution in [-0.2, 0) is 11.2 Å². The van der Waals surface area contributed by atoms with Gasteiger partial charge < -0.3 is 19.5 Å². The van der Waals surface area contributed by atoms with Gasteiger partial charge >= 0.3 is 0 Å². The molecule has 0 aromatic heterocycles. The van der Waals surface area contributed by atoms with E-state index in [4.69, 9.17) is 14.2 Å². The van der Waals surface area contributed by atoms with E-state index in [9.17, 15) is 9.59 Å². The largest absolute Gasteiger partial charge is 0.493 e. The van der Waals surface area contributed by atoms with E-state index in [2.05, 4.69) is 5.32 Å². The zero-order valence-electron chi connectivity index (χ0n) is 18.3. The minimum atomic E-state index is -0.740. The molecule has 2 aromatic carbocycles. The van der Waals surface area contributed by atoms with E-state index in [-0.39, 0.29) is 18.3 Å². The summed E-state index contributed by atoms with van der Waals surface area (Å²) in [4.78, 5) is 24.7. The minimum absolute atomic E-state index is 0.0837.